The number of hydrogen-bond acceptors (Lipinski definition) is 5. The lowest BCUT2D eigenvalue weighted by atomic mass is 10.0. The van der Waals surface area contributed by atoms with Crippen molar-refractivity contribution in [1.82, 2.24) is 5.43 Å². The Morgan fingerprint density at radius 3 is 2.35 bits per heavy atom. The fourth-order valence-electron chi connectivity index (χ4n) is 3.32. The summed E-state index contributed by atoms with van der Waals surface area (Å²) in [6.07, 6.45) is 1.48. The molecule has 0 atom stereocenters. The largest absolute Gasteiger partial charge is 0.496 e. The van der Waals surface area contributed by atoms with E-state index >= 15 is 0 Å². The number of nitrogens with one attached hydrogen (secondary N) is 1. The molecule has 0 aliphatic rings. The third kappa shape index (κ3) is 6.02. The average molecular weight is 480 g/mol. The highest BCUT2D eigenvalue weighted by atomic mass is 32.2. The molecule has 0 saturated heterocycles. The van der Waals surface area contributed by atoms with E-state index in [-0.39, 0.29) is 4.90 Å². The first-order valence-corrected chi connectivity index (χ1v) is 12.3. The van der Waals surface area contributed by atoms with Crippen molar-refractivity contribution < 1.29 is 17.9 Å². The van der Waals surface area contributed by atoms with Crippen LogP contribution in [0.3, 0.4) is 0 Å². The van der Waals surface area contributed by atoms with Gasteiger partial charge in [-0.1, -0.05) is 56.3 Å². The molecule has 3 aromatic rings. The maximum atomic E-state index is 13.4. The molecule has 0 radical (unpaired) electrons. The number of amides is 1. The second-order valence-corrected chi connectivity index (χ2v) is 9.96. The number of nitrogens with zero attached hydrogens (tertiary/aromatic N) is 2. The summed E-state index contributed by atoms with van der Waals surface area (Å²) in [5.41, 5.74) is 5.61. The number of hydrogen-bond donors (Lipinski definition) is 1. The monoisotopic (exact) mass is 479 g/mol. The van der Waals surface area contributed by atoms with Gasteiger partial charge in [0, 0.05) is 0 Å². The van der Waals surface area contributed by atoms with Crippen LogP contribution in [0, 0.1) is 6.92 Å². The number of benzene rings is 3. The second-order valence-electron chi connectivity index (χ2n) is 8.09. The first-order chi connectivity index (χ1) is 16.2. The zero-order valence-corrected chi connectivity index (χ0v) is 20.5. The van der Waals surface area contributed by atoms with E-state index in [2.05, 4.69) is 24.4 Å². The molecule has 0 aromatic heterocycles. The SMILES string of the molecule is COc1cc(/C=N\NC(=O)CN(c2ccc(C(C)C)cc2)S(=O)(=O)c2ccccc2)ccc1C. The second kappa shape index (κ2) is 11.0. The zero-order chi connectivity index (χ0) is 24.7. The molecule has 3 rings (SSSR count). The molecular weight excluding hydrogens is 450 g/mol. The summed E-state index contributed by atoms with van der Waals surface area (Å²) in [5, 5.41) is 3.98. The van der Waals surface area contributed by atoms with E-state index in [1.807, 2.05) is 31.2 Å². The molecule has 0 aliphatic heterocycles. The normalized spacial score (nSPS) is 11.6. The van der Waals surface area contributed by atoms with Gasteiger partial charge in [-0.2, -0.15) is 5.10 Å². The summed E-state index contributed by atoms with van der Waals surface area (Å²) in [7, 11) is -2.39. The Morgan fingerprint density at radius 2 is 1.74 bits per heavy atom. The molecule has 34 heavy (non-hydrogen) atoms. The third-order valence-electron chi connectivity index (χ3n) is 5.30. The number of sulfonamides is 1. The molecule has 178 valence electrons. The number of rotatable bonds is 9. The molecule has 0 aliphatic carbocycles. The minimum Gasteiger partial charge on any atom is -0.496 e. The topological polar surface area (TPSA) is 88.1 Å². The van der Waals surface area contributed by atoms with Crippen LogP contribution in [-0.4, -0.2) is 34.2 Å². The van der Waals surface area contributed by atoms with Gasteiger partial charge in [-0.25, -0.2) is 13.8 Å². The average Bonchev–Trinajstić information content (AvgIpc) is 2.84. The van der Waals surface area contributed by atoms with Gasteiger partial charge in [0.05, 0.1) is 23.9 Å². The molecule has 0 spiro atoms. The van der Waals surface area contributed by atoms with Gasteiger partial charge in [-0.15, -0.1) is 0 Å². The highest BCUT2D eigenvalue weighted by Gasteiger charge is 2.27. The van der Waals surface area contributed by atoms with Crippen LogP contribution in [0.4, 0.5) is 5.69 Å². The lowest BCUT2D eigenvalue weighted by molar-refractivity contribution is -0.119. The Balaban J connectivity index is 1.83. The molecule has 3 aromatic carbocycles. The molecule has 7 nitrogen and oxygen atoms in total. The lowest BCUT2D eigenvalue weighted by Gasteiger charge is -2.24. The summed E-state index contributed by atoms with van der Waals surface area (Å²) >= 11 is 0. The summed E-state index contributed by atoms with van der Waals surface area (Å²) in [5.74, 6) is 0.439. The third-order valence-corrected chi connectivity index (χ3v) is 7.09. The molecule has 0 bridgehead atoms. The summed E-state index contributed by atoms with van der Waals surface area (Å²) < 4.78 is 33.1. The number of ether oxygens (including phenoxy) is 1. The number of methoxy groups -OCH3 is 1. The number of anilines is 1. The van der Waals surface area contributed by atoms with Gasteiger partial charge >= 0.3 is 0 Å². The van der Waals surface area contributed by atoms with E-state index in [0.29, 0.717) is 17.4 Å². The van der Waals surface area contributed by atoms with Crippen LogP contribution in [-0.2, 0) is 14.8 Å². The predicted molar refractivity (Wildman–Crippen MR) is 135 cm³/mol. The van der Waals surface area contributed by atoms with E-state index in [9.17, 15) is 13.2 Å². The summed E-state index contributed by atoms with van der Waals surface area (Å²) in [6.45, 7) is 5.62. The van der Waals surface area contributed by atoms with Crippen molar-refractivity contribution in [2.45, 2.75) is 31.6 Å². The summed E-state index contributed by atoms with van der Waals surface area (Å²) in [6, 6.07) is 20.7. The van der Waals surface area contributed by atoms with Gasteiger partial charge < -0.3 is 4.74 Å². The van der Waals surface area contributed by atoms with Crippen molar-refractivity contribution >= 4 is 27.8 Å². The molecule has 1 N–H and O–H groups in total. The van der Waals surface area contributed by atoms with Gasteiger partial charge in [0.15, 0.2) is 0 Å². The Labute approximate surface area is 201 Å². The van der Waals surface area contributed by atoms with Crippen molar-refractivity contribution in [2.75, 3.05) is 18.0 Å². The van der Waals surface area contributed by atoms with E-state index < -0.39 is 22.5 Å². The van der Waals surface area contributed by atoms with Gasteiger partial charge in [-0.05, 0) is 59.9 Å². The molecule has 1 amide bonds. The van der Waals surface area contributed by atoms with Crippen LogP contribution >= 0.6 is 0 Å². The maximum absolute atomic E-state index is 13.4. The summed E-state index contributed by atoms with van der Waals surface area (Å²) in [4.78, 5) is 12.8. The minimum absolute atomic E-state index is 0.103. The Morgan fingerprint density at radius 1 is 1.06 bits per heavy atom. The minimum atomic E-state index is -3.97. The molecule has 8 heteroatoms. The first kappa shape index (κ1) is 25.0. The Hall–Kier alpha value is -3.65. The van der Waals surface area contributed by atoms with E-state index in [0.717, 1.165) is 21.0 Å². The van der Waals surface area contributed by atoms with E-state index in [1.54, 1.807) is 43.5 Å². The van der Waals surface area contributed by atoms with Crippen molar-refractivity contribution in [3.63, 3.8) is 0 Å². The lowest BCUT2D eigenvalue weighted by Crippen LogP contribution is -2.39. The molecule has 0 fully saturated rings. The Kier molecular flexibility index (Phi) is 8.07. The number of carbonyl (C=O) groups excluding carboxylic acids is 1. The highest BCUT2D eigenvalue weighted by Crippen LogP contribution is 2.25. The van der Waals surface area contributed by atoms with Gasteiger partial charge in [0.2, 0.25) is 0 Å². The van der Waals surface area contributed by atoms with Gasteiger partial charge in [0.1, 0.15) is 12.3 Å². The molecule has 0 unspecified atom stereocenters. The number of hydrazone groups is 1. The quantitative estimate of drug-likeness (QED) is 0.362. The van der Waals surface area contributed by atoms with Gasteiger partial charge in [-0.3, -0.25) is 9.10 Å². The smallest absolute Gasteiger partial charge is 0.264 e. The van der Waals surface area contributed by atoms with Crippen LogP contribution in [0.15, 0.2) is 82.8 Å². The standard InChI is InChI=1S/C26H29N3O4S/c1-19(2)22-12-14-23(15-13-22)29(34(31,32)24-8-6-5-7-9-24)18-26(30)28-27-17-21-11-10-20(3)25(16-21)33-4/h5-17,19H,18H2,1-4H3,(H,28,30)/b27-17-. The van der Waals surface area contributed by atoms with Crippen LogP contribution in [0.25, 0.3) is 0 Å². The van der Waals surface area contributed by atoms with E-state index in [4.69, 9.17) is 4.74 Å². The van der Waals surface area contributed by atoms with Crippen molar-refractivity contribution in [3.05, 3.63) is 89.5 Å². The van der Waals surface area contributed by atoms with Crippen LogP contribution < -0.4 is 14.5 Å². The highest BCUT2D eigenvalue weighted by molar-refractivity contribution is 7.92. The van der Waals surface area contributed by atoms with Crippen LogP contribution in [0.2, 0.25) is 0 Å². The predicted octanol–water partition coefficient (Wildman–Crippen LogP) is 4.47. The maximum Gasteiger partial charge on any atom is 0.264 e. The van der Waals surface area contributed by atoms with Crippen molar-refractivity contribution in [1.29, 1.82) is 0 Å². The van der Waals surface area contributed by atoms with Crippen molar-refractivity contribution in [3.8, 4) is 5.75 Å². The first-order valence-electron chi connectivity index (χ1n) is 10.9. The fourth-order valence-corrected chi connectivity index (χ4v) is 4.76. The number of carbonyl (C=O) groups is 1. The molecule has 0 saturated carbocycles. The van der Waals surface area contributed by atoms with Crippen LogP contribution in [0.5, 0.6) is 5.75 Å². The zero-order valence-electron chi connectivity index (χ0n) is 19.7. The Bertz CT molecular complexity index is 1250. The van der Waals surface area contributed by atoms with E-state index in [1.165, 1.54) is 18.3 Å². The van der Waals surface area contributed by atoms with Gasteiger partial charge in [0.25, 0.3) is 15.9 Å². The fraction of sp³-hybridized carbons (Fsp3) is 0.231. The van der Waals surface area contributed by atoms with Crippen LogP contribution in [0.1, 0.15) is 36.5 Å². The molecule has 0 heterocycles. The molecular formula is C26H29N3O4S. The number of aryl methyl sites for hydroxylation is 1. The van der Waals surface area contributed by atoms with Crippen molar-refractivity contribution in [2.24, 2.45) is 5.10 Å².